The van der Waals surface area contributed by atoms with Gasteiger partial charge in [-0.2, -0.15) is 0 Å². The minimum atomic E-state index is -0.290. The number of carbonyl (C=O) groups is 2. The maximum atomic E-state index is 13.7. The molecule has 0 spiro atoms. The highest BCUT2D eigenvalue weighted by molar-refractivity contribution is 5.83. The molecular formula is C22H25FN2O3. The number of hydrogen-bond acceptors (Lipinski definition) is 3. The zero-order valence-electron chi connectivity index (χ0n) is 16.0. The number of nitrogens with one attached hydrogen (secondary N) is 1. The zero-order chi connectivity index (χ0) is 19.7. The molecule has 6 heteroatoms. The fourth-order valence-corrected chi connectivity index (χ4v) is 3.95. The van der Waals surface area contributed by atoms with Crippen molar-refractivity contribution >= 4 is 11.8 Å². The van der Waals surface area contributed by atoms with Gasteiger partial charge in [-0.05, 0) is 55.5 Å². The van der Waals surface area contributed by atoms with Gasteiger partial charge in [-0.1, -0.05) is 12.1 Å². The highest BCUT2D eigenvalue weighted by Crippen LogP contribution is 2.36. The van der Waals surface area contributed by atoms with Crippen molar-refractivity contribution in [1.82, 2.24) is 10.2 Å². The van der Waals surface area contributed by atoms with E-state index in [-0.39, 0.29) is 35.4 Å². The fraction of sp³-hybridized carbons (Fsp3) is 0.455. The van der Waals surface area contributed by atoms with E-state index < -0.39 is 0 Å². The molecule has 2 amide bonds. The summed E-state index contributed by atoms with van der Waals surface area (Å²) in [7, 11) is 0. The van der Waals surface area contributed by atoms with Gasteiger partial charge >= 0.3 is 0 Å². The van der Waals surface area contributed by atoms with Crippen LogP contribution in [0.15, 0.2) is 41.0 Å². The first-order valence-corrected chi connectivity index (χ1v) is 9.86. The third kappa shape index (κ3) is 4.11. The number of furan rings is 1. The van der Waals surface area contributed by atoms with E-state index in [1.807, 2.05) is 17.0 Å². The predicted molar refractivity (Wildman–Crippen MR) is 102 cm³/mol. The van der Waals surface area contributed by atoms with Crippen LogP contribution in [0.4, 0.5) is 4.39 Å². The van der Waals surface area contributed by atoms with E-state index in [2.05, 4.69) is 5.32 Å². The van der Waals surface area contributed by atoms with Crippen LogP contribution in [0.3, 0.4) is 0 Å². The van der Waals surface area contributed by atoms with Crippen molar-refractivity contribution in [2.75, 3.05) is 13.1 Å². The predicted octanol–water partition coefficient (Wildman–Crippen LogP) is 3.39. The van der Waals surface area contributed by atoms with E-state index in [4.69, 9.17) is 4.42 Å². The first-order valence-electron chi connectivity index (χ1n) is 9.86. The number of hydrogen-bond donors (Lipinski definition) is 1. The normalized spacial score (nSPS) is 22.1. The largest absolute Gasteiger partial charge is 0.467 e. The summed E-state index contributed by atoms with van der Waals surface area (Å²) >= 11 is 0. The Hall–Kier alpha value is -2.63. The number of likely N-dealkylation sites (tertiary alicyclic amines) is 1. The molecule has 1 aliphatic carbocycles. The molecule has 0 bridgehead atoms. The molecule has 2 fully saturated rings. The highest BCUT2D eigenvalue weighted by atomic mass is 19.1. The van der Waals surface area contributed by atoms with E-state index in [9.17, 15) is 14.0 Å². The molecule has 1 N–H and O–H groups in total. The van der Waals surface area contributed by atoms with E-state index in [0.717, 1.165) is 18.4 Å². The monoisotopic (exact) mass is 384 g/mol. The topological polar surface area (TPSA) is 62.6 Å². The average Bonchev–Trinajstić information content (AvgIpc) is 3.42. The van der Waals surface area contributed by atoms with Crippen LogP contribution in [0.1, 0.15) is 42.1 Å². The molecule has 28 heavy (non-hydrogen) atoms. The number of benzene rings is 1. The molecule has 1 saturated heterocycles. The molecule has 1 aromatic heterocycles. The Morgan fingerprint density at radius 2 is 2.04 bits per heavy atom. The summed E-state index contributed by atoms with van der Waals surface area (Å²) in [5.74, 6) is 0.373. The minimum Gasteiger partial charge on any atom is -0.467 e. The fourth-order valence-electron chi connectivity index (χ4n) is 3.95. The molecule has 2 atom stereocenters. The van der Waals surface area contributed by atoms with Gasteiger partial charge < -0.3 is 14.6 Å². The van der Waals surface area contributed by atoms with Gasteiger partial charge in [0, 0.05) is 24.9 Å². The number of nitrogens with zero attached hydrogens (tertiary/aromatic N) is 1. The summed E-state index contributed by atoms with van der Waals surface area (Å²) in [4.78, 5) is 27.3. The number of rotatable bonds is 5. The summed E-state index contributed by atoms with van der Waals surface area (Å²) < 4.78 is 19.0. The minimum absolute atomic E-state index is 0.0233. The zero-order valence-corrected chi connectivity index (χ0v) is 16.0. The van der Waals surface area contributed by atoms with Crippen LogP contribution in [-0.2, 0) is 16.1 Å². The molecule has 2 unspecified atom stereocenters. The van der Waals surface area contributed by atoms with Crippen LogP contribution in [-0.4, -0.2) is 29.8 Å². The van der Waals surface area contributed by atoms with Gasteiger partial charge in [0.1, 0.15) is 11.6 Å². The van der Waals surface area contributed by atoms with Gasteiger partial charge in [-0.15, -0.1) is 0 Å². The third-order valence-corrected chi connectivity index (χ3v) is 5.73. The van der Waals surface area contributed by atoms with Crippen LogP contribution in [0, 0.1) is 24.6 Å². The van der Waals surface area contributed by atoms with Crippen molar-refractivity contribution in [3.05, 3.63) is 59.3 Å². The number of amides is 2. The van der Waals surface area contributed by atoms with Gasteiger partial charge in [0.05, 0.1) is 18.7 Å². The maximum Gasteiger partial charge on any atom is 0.225 e. The second kappa shape index (κ2) is 7.78. The Morgan fingerprint density at radius 1 is 1.21 bits per heavy atom. The molecule has 2 aliphatic rings. The van der Waals surface area contributed by atoms with Crippen molar-refractivity contribution in [3.63, 3.8) is 0 Å². The lowest BCUT2D eigenvalue weighted by atomic mass is 9.83. The Morgan fingerprint density at radius 3 is 2.71 bits per heavy atom. The Balaban J connectivity index is 1.50. The molecular weight excluding hydrogens is 359 g/mol. The van der Waals surface area contributed by atoms with Crippen molar-refractivity contribution in [2.45, 2.75) is 38.6 Å². The molecule has 5 nitrogen and oxygen atoms in total. The molecule has 4 rings (SSSR count). The Labute approximate surface area is 163 Å². The van der Waals surface area contributed by atoms with Crippen molar-refractivity contribution in [3.8, 4) is 0 Å². The Kier molecular flexibility index (Phi) is 5.20. The van der Waals surface area contributed by atoms with Crippen molar-refractivity contribution in [2.24, 2.45) is 11.8 Å². The smallest absolute Gasteiger partial charge is 0.225 e. The summed E-state index contributed by atoms with van der Waals surface area (Å²) in [6.45, 7) is 3.10. The van der Waals surface area contributed by atoms with Gasteiger partial charge in [0.2, 0.25) is 11.8 Å². The standard InChI is InChI=1S/C22H25FN2O3/c1-14-9-16(6-7-20(14)23)17-10-18(13-25(12-17)22(27)15-4-5-15)21(26)24-11-19-3-2-8-28-19/h2-3,6-9,15,17-18H,4-5,10-13H2,1H3,(H,24,26). The number of aryl methyl sites for hydroxylation is 1. The Bertz CT molecular complexity index is 861. The lowest BCUT2D eigenvalue weighted by molar-refractivity contribution is -0.137. The van der Waals surface area contributed by atoms with Gasteiger partial charge in [0.25, 0.3) is 0 Å². The second-order valence-corrected chi connectivity index (χ2v) is 7.95. The number of halogens is 1. The summed E-state index contributed by atoms with van der Waals surface area (Å²) in [5, 5.41) is 2.92. The van der Waals surface area contributed by atoms with Crippen LogP contribution in [0.2, 0.25) is 0 Å². The summed E-state index contributed by atoms with van der Waals surface area (Å²) in [6, 6.07) is 8.68. The van der Waals surface area contributed by atoms with Crippen molar-refractivity contribution < 1.29 is 18.4 Å². The molecule has 2 aromatic rings. The summed E-state index contributed by atoms with van der Waals surface area (Å²) in [6.07, 6.45) is 4.09. The third-order valence-electron chi connectivity index (χ3n) is 5.73. The van der Waals surface area contributed by atoms with Crippen LogP contribution in [0.25, 0.3) is 0 Å². The van der Waals surface area contributed by atoms with Gasteiger partial charge in [-0.25, -0.2) is 4.39 Å². The van der Waals surface area contributed by atoms with E-state index in [1.54, 1.807) is 25.3 Å². The van der Waals surface area contributed by atoms with Crippen molar-refractivity contribution in [1.29, 1.82) is 0 Å². The van der Waals surface area contributed by atoms with E-state index >= 15 is 0 Å². The molecule has 1 aliphatic heterocycles. The quantitative estimate of drug-likeness (QED) is 0.860. The molecule has 148 valence electrons. The number of carbonyl (C=O) groups excluding carboxylic acids is 2. The molecule has 1 saturated carbocycles. The van der Waals surface area contributed by atoms with E-state index in [0.29, 0.717) is 37.4 Å². The average molecular weight is 384 g/mol. The first-order chi connectivity index (χ1) is 13.5. The van der Waals surface area contributed by atoms with Crippen LogP contribution < -0.4 is 5.32 Å². The van der Waals surface area contributed by atoms with Crippen LogP contribution in [0.5, 0.6) is 0 Å². The lowest BCUT2D eigenvalue weighted by Crippen LogP contribution is -2.48. The van der Waals surface area contributed by atoms with Crippen LogP contribution >= 0.6 is 0 Å². The highest BCUT2D eigenvalue weighted by Gasteiger charge is 2.39. The molecule has 0 radical (unpaired) electrons. The molecule has 2 heterocycles. The lowest BCUT2D eigenvalue weighted by Gasteiger charge is -2.37. The second-order valence-electron chi connectivity index (χ2n) is 7.95. The SMILES string of the molecule is Cc1cc(C2CC(C(=O)NCc3ccco3)CN(C(=O)C3CC3)C2)ccc1F. The van der Waals surface area contributed by atoms with E-state index in [1.165, 1.54) is 6.07 Å². The number of piperidine rings is 1. The summed E-state index contributed by atoms with van der Waals surface area (Å²) in [5.41, 5.74) is 1.57. The first kappa shape index (κ1) is 18.7. The maximum absolute atomic E-state index is 13.7. The van der Waals surface area contributed by atoms with Gasteiger partial charge in [0.15, 0.2) is 0 Å². The molecule has 1 aromatic carbocycles. The van der Waals surface area contributed by atoms with Gasteiger partial charge in [-0.3, -0.25) is 9.59 Å².